The molecule has 18 N–H and O–H groups in total. The van der Waals surface area contributed by atoms with Crippen molar-refractivity contribution in [2.75, 3.05) is 26.4 Å². The molecule has 8 atom stereocenters. The van der Waals surface area contributed by atoms with Gasteiger partial charge in [-0.25, -0.2) is 4.79 Å². The van der Waals surface area contributed by atoms with E-state index in [2.05, 4.69) is 10.6 Å². The first-order valence-electron chi connectivity index (χ1n) is 17.0. The van der Waals surface area contributed by atoms with Gasteiger partial charge >= 0.3 is 11.9 Å². The third-order valence-corrected chi connectivity index (χ3v) is 7.71. The van der Waals surface area contributed by atoms with E-state index in [-0.39, 0.29) is 12.2 Å². The number of rotatable bonds is 25. The van der Waals surface area contributed by atoms with Crippen molar-refractivity contribution in [3.63, 3.8) is 0 Å². The number of phenolic OH excluding ortho intramolecular Hbond substituents is 1. The highest BCUT2D eigenvalue weighted by Crippen LogP contribution is 2.11. The zero-order chi connectivity index (χ0) is 44.3. The summed E-state index contributed by atoms with van der Waals surface area (Å²) in [5.41, 5.74) is 11.3. The number of primary amides is 1. The molecule has 0 aromatic heterocycles. The van der Waals surface area contributed by atoms with E-state index < -0.39 is 147 Å². The Labute approximate surface area is 328 Å². The summed E-state index contributed by atoms with van der Waals surface area (Å²) in [4.78, 5) is 123. The Bertz CT molecular complexity index is 1660. The van der Waals surface area contributed by atoms with Gasteiger partial charge in [-0.2, -0.15) is 0 Å². The van der Waals surface area contributed by atoms with Crippen molar-refractivity contribution in [2.45, 2.75) is 74.6 Å². The molecule has 0 heterocycles. The summed E-state index contributed by atoms with van der Waals surface area (Å²) < 4.78 is 0. The first kappa shape index (κ1) is 49.5. The number of carbonyl (C=O) groups excluding carboxylic acids is 8. The molecule has 8 amide bonds. The molecule has 0 unspecified atom stereocenters. The Morgan fingerprint density at radius 1 is 0.621 bits per heavy atom. The molecule has 0 aliphatic carbocycles. The summed E-state index contributed by atoms with van der Waals surface area (Å²) in [7, 11) is 0. The van der Waals surface area contributed by atoms with Crippen LogP contribution in [0.15, 0.2) is 24.3 Å². The number of aliphatic hydroxyl groups is 4. The molecule has 26 nitrogen and oxygen atoms in total. The van der Waals surface area contributed by atoms with E-state index in [1.165, 1.54) is 24.3 Å². The minimum atomic E-state index is -2.06. The molecule has 1 rings (SSSR count). The maximum atomic E-state index is 13.2. The standard InChI is InChI=1S/C32H47N9O17/c1-13(45)25(41-30(55)21(12-44)38-26(51)16(33)6-14-2-4-15(46)5-3-14)31(56)37-17(8-24(49)50)28(53)40-20(11-43)29(54)39-19(10-42)27(52)35-9-23(48)36-18(32(57)58)7-22(34)47/h2-5,13,16-21,25,42-46H,6-12,33H2,1H3,(H2,34,47)(H,35,52)(H,36,48)(H,37,56)(H,38,51)(H,39,54)(H,40,53)(H,41,55)(H,49,50)(H,57,58)/t13-,16+,17+,18+,19+,20+,21+,25+/m1/s1. The molecule has 26 heteroatoms. The van der Waals surface area contributed by atoms with Crippen LogP contribution in [-0.4, -0.2) is 170 Å². The molecular formula is C32H47N9O17. The van der Waals surface area contributed by atoms with Crippen LogP contribution >= 0.6 is 0 Å². The van der Waals surface area contributed by atoms with Gasteiger partial charge in [0, 0.05) is 0 Å². The number of carbonyl (C=O) groups is 10. The highest BCUT2D eigenvalue weighted by atomic mass is 16.4. The van der Waals surface area contributed by atoms with Crippen molar-refractivity contribution >= 4 is 59.2 Å². The quantitative estimate of drug-likeness (QED) is 0.0435. The number of aliphatic carboxylic acids is 2. The van der Waals surface area contributed by atoms with Crippen molar-refractivity contribution in [1.29, 1.82) is 0 Å². The predicted molar refractivity (Wildman–Crippen MR) is 191 cm³/mol. The molecule has 1 aromatic rings. The SMILES string of the molecule is C[C@@H](O)[C@H](NC(=O)[C@H](CO)NC(=O)[C@@H](N)Cc1ccc(O)cc1)C(=O)N[C@@H](CC(=O)O)C(=O)N[C@@H](CO)C(=O)N[C@@H](CO)C(=O)NCC(=O)N[C@@H](CC(N)=O)C(=O)O. The molecule has 0 spiro atoms. The van der Waals surface area contributed by atoms with Crippen LogP contribution in [0.3, 0.4) is 0 Å². The number of phenols is 1. The monoisotopic (exact) mass is 829 g/mol. The lowest BCUT2D eigenvalue weighted by atomic mass is 10.1. The van der Waals surface area contributed by atoms with Gasteiger partial charge in [0.2, 0.25) is 47.3 Å². The lowest BCUT2D eigenvalue weighted by Gasteiger charge is -2.27. The molecule has 0 fully saturated rings. The van der Waals surface area contributed by atoms with Crippen LogP contribution in [0.2, 0.25) is 0 Å². The van der Waals surface area contributed by atoms with Gasteiger partial charge in [-0.1, -0.05) is 12.1 Å². The van der Waals surface area contributed by atoms with Gasteiger partial charge in [-0.3, -0.25) is 43.2 Å². The Kier molecular flexibility index (Phi) is 20.7. The number of aliphatic hydroxyl groups excluding tert-OH is 4. The van der Waals surface area contributed by atoms with Crippen LogP contribution in [0.1, 0.15) is 25.3 Å². The molecular weight excluding hydrogens is 782 g/mol. The molecule has 0 aliphatic rings. The zero-order valence-electron chi connectivity index (χ0n) is 30.7. The number of benzene rings is 1. The number of carboxylic acid groups (broad SMARTS) is 2. The van der Waals surface area contributed by atoms with Crippen LogP contribution in [0.4, 0.5) is 0 Å². The van der Waals surface area contributed by atoms with Crippen molar-refractivity contribution in [2.24, 2.45) is 11.5 Å². The van der Waals surface area contributed by atoms with Crippen molar-refractivity contribution in [3.05, 3.63) is 29.8 Å². The summed E-state index contributed by atoms with van der Waals surface area (Å²) in [5.74, 6) is -13.0. The average Bonchev–Trinajstić information content (AvgIpc) is 3.15. The minimum Gasteiger partial charge on any atom is -0.508 e. The highest BCUT2D eigenvalue weighted by molar-refractivity contribution is 5.98. The van der Waals surface area contributed by atoms with E-state index in [4.69, 9.17) is 16.6 Å². The normalized spacial score (nSPS) is 14.9. The Hall–Kier alpha value is -6.48. The maximum absolute atomic E-state index is 13.2. The predicted octanol–water partition coefficient (Wildman–Crippen LogP) is -8.92. The largest absolute Gasteiger partial charge is 0.508 e. The van der Waals surface area contributed by atoms with Crippen LogP contribution in [0.5, 0.6) is 5.75 Å². The molecule has 0 bridgehead atoms. The van der Waals surface area contributed by atoms with E-state index in [0.717, 1.165) is 6.92 Å². The maximum Gasteiger partial charge on any atom is 0.326 e. The third kappa shape index (κ3) is 17.1. The van der Waals surface area contributed by atoms with Gasteiger partial charge in [-0.05, 0) is 31.0 Å². The Morgan fingerprint density at radius 3 is 1.55 bits per heavy atom. The van der Waals surface area contributed by atoms with E-state index in [1.807, 2.05) is 26.6 Å². The Morgan fingerprint density at radius 2 is 1.09 bits per heavy atom. The number of aromatic hydroxyl groups is 1. The van der Waals surface area contributed by atoms with Crippen molar-refractivity contribution in [3.8, 4) is 5.75 Å². The molecule has 58 heavy (non-hydrogen) atoms. The van der Waals surface area contributed by atoms with Gasteiger partial charge in [0.05, 0.1) is 51.4 Å². The second-order valence-corrected chi connectivity index (χ2v) is 12.4. The molecule has 0 saturated heterocycles. The molecule has 0 aliphatic heterocycles. The van der Waals surface area contributed by atoms with Gasteiger partial charge in [0.1, 0.15) is 42.0 Å². The van der Waals surface area contributed by atoms with Crippen LogP contribution in [0, 0.1) is 0 Å². The second-order valence-electron chi connectivity index (χ2n) is 12.4. The van der Waals surface area contributed by atoms with Gasteiger partial charge in [-0.15, -0.1) is 0 Å². The average molecular weight is 830 g/mol. The fourth-order valence-corrected chi connectivity index (χ4v) is 4.63. The Balaban J connectivity index is 2.96. The first-order valence-corrected chi connectivity index (χ1v) is 17.0. The smallest absolute Gasteiger partial charge is 0.326 e. The number of hydrogen-bond acceptors (Lipinski definition) is 16. The van der Waals surface area contributed by atoms with E-state index in [1.54, 1.807) is 0 Å². The molecule has 1 aromatic carbocycles. The zero-order valence-corrected chi connectivity index (χ0v) is 30.7. The highest BCUT2D eigenvalue weighted by Gasteiger charge is 2.35. The fourth-order valence-electron chi connectivity index (χ4n) is 4.63. The summed E-state index contributed by atoms with van der Waals surface area (Å²) in [6.07, 6.45) is -3.74. The number of carboxylic acids is 2. The van der Waals surface area contributed by atoms with Crippen LogP contribution < -0.4 is 48.7 Å². The summed E-state index contributed by atoms with van der Waals surface area (Å²) >= 11 is 0. The lowest BCUT2D eigenvalue weighted by Crippen LogP contribution is -2.62. The number of hydrogen-bond donors (Lipinski definition) is 16. The number of nitrogens with one attached hydrogen (secondary N) is 7. The van der Waals surface area contributed by atoms with E-state index >= 15 is 0 Å². The fraction of sp³-hybridized carbons (Fsp3) is 0.500. The number of amides is 8. The minimum absolute atomic E-state index is 0.0382. The second kappa shape index (κ2) is 24.2. The topological polar surface area (TPSA) is 449 Å². The van der Waals surface area contributed by atoms with Crippen molar-refractivity contribution < 1.29 is 83.7 Å². The van der Waals surface area contributed by atoms with E-state index in [9.17, 15) is 78.6 Å². The first-order chi connectivity index (χ1) is 27.1. The van der Waals surface area contributed by atoms with Crippen LogP contribution in [0.25, 0.3) is 0 Å². The summed E-state index contributed by atoms with van der Waals surface area (Å²) in [6, 6.07) is -6.86. The third-order valence-electron chi connectivity index (χ3n) is 7.71. The van der Waals surface area contributed by atoms with Gasteiger partial charge < -0.3 is 84.4 Å². The summed E-state index contributed by atoms with van der Waals surface area (Å²) in [5, 5.41) is 81.2. The molecule has 322 valence electrons. The summed E-state index contributed by atoms with van der Waals surface area (Å²) in [6.45, 7) is -3.25. The van der Waals surface area contributed by atoms with E-state index in [0.29, 0.717) is 5.56 Å². The van der Waals surface area contributed by atoms with Crippen LogP contribution in [-0.2, 0) is 54.4 Å². The number of nitrogens with two attached hydrogens (primary N) is 2. The van der Waals surface area contributed by atoms with Crippen molar-refractivity contribution in [1.82, 2.24) is 37.2 Å². The van der Waals surface area contributed by atoms with Gasteiger partial charge in [0.25, 0.3) is 0 Å². The molecule has 0 radical (unpaired) electrons. The lowest BCUT2D eigenvalue weighted by molar-refractivity contribution is -0.143. The molecule has 0 saturated carbocycles. The van der Waals surface area contributed by atoms with Gasteiger partial charge in [0.15, 0.2) is 0 Å².